The van der Waals surface area contributed by atoms with Crippen LogP contribution >= 0.6 is 0 Å². The van der Waals surface area contributed by atoms with Gasteiger partial charge in [-0.3, -0.25) is 24.7 Å². The molecule has 0 saturated carbocycles. The van der Waals surface area contributed by atoms with Gasteiger partial charge < -0.3 is 10.6 Å². The first-order chi connectivity index (χ1) is 12.0. The topological polar surface area (TPSA) is 93.8 Å². The zero-order valence-electron chi connectivity index (χ0n) is 14.0. The van der Waals surface area contributed by atoms with Crippen molar-refractivity contribution in [3.63, 3.8) is 0 Å². The van der Waals surface area contributed by atoms with Crippen LogP contribution in [-0.2, 0) is 9.59 Å². The Kier molecular flexibility index (Phi) is 6.84. The van der Waals surface area contributed by atoms with Crippen LogP contribution in [0.25, 0.3) is 0 Å². The lowest BCUT2D eigenvalue weighted by molar-refractivity contribution is -0.122. The minimum atomic E-state index is -0.527. The Labute approximate surface area is 145 Å². The number of amides is 4. The van der Waals surface area contributed by atoms with Gasteiger partial charge in [-0.05, 0) is 24.3 Å². The third-order valence-electron chi connectivity index (χ3n) is 3.81. The van der Waals surface area contributed by atoms with E-state index >= 15 is 0 Å². The molecule has 25 heavy (non-hydrogen) atoms. The summed E-state index contributed by atoms with van der Waals surface area (Å²) in [6, 6.07) is 5.07. The number of anilines is 1. The van der Waals surface area contributed by atoms with Crippen LogP contribution in [0.5, 0.6) is 0 Å². The first kappa shape index (κ1) is 18.8. The molecule has 2 rings (SSSR count). The summed E-state index contributed by atoms with van der Waals surface area (Å²) in [7, 11) is 1.44. The Morgan fingerprint density at radius 2 is 1.48 bits per heavy atom. The number of benzene rings is 1. The molecule has 1 aromatic rings. The van der Waals surface area contributed by atoms with Gasteiger partial charge in [-0.25, -0.2) is 9.18 Å². The van der Waals surface area contributed by atoms with Crippen LogP contribution in [0.3, 0.4) is 0 Å². The molecule has 1 aromatic carbocycles. The van der Waals surface area contributed by atoms with Crippen LogP contribution in [0, 0.1) is 5.82 Å². The lowest BCUT2D eigenvalue weighted by Crippen LogP contribution is -2.52. The summed E-state index contributed by atoms with van der Waals surface area (Å²) in [6.45, 7) is 2.92. The van der Waals surface area contributed by atoms with Gasteiger partial charge in [0, 0.05) is 38.9 Å². The molecule has 4 amide bonds. The minimum absolute atomic E-state index is 0.142. The van der Waals surface area contributed by atoms with Gasteiger partial charge in [0.05, 0.1) is 13.1 Å². The maximum Gasteiger partial charge on any atom is 0.321 e. The van der Waals surface area contributed by atoms with Gasteiger partial charge >= 0.3 is 6.03 Å². The van der Waals surface area contributed by atoms with E-state index in [0.29, 0.717) is 31.9 Å². The van der Waals surface area contributed by atoms with E-state index in [1.54, 1.807) is 0 Å². The number of nitrogens with zero attached hydrogens (tertiary/aromatic N) is 2. The van der Waals surface area contributed by atoms with E-state index in [4.69, 9.17) is 0 Å². The Bertz CT molecular complexity index is 615. The van der Waals surface area contributed by atoms with E-state index in [0.717, 1.165) is 0 Å². The number of halogens is 1. The average molecular weight is 351 g/mol. The molecule has 8 nitrogen and oxygen atoms in total. The Hall–Kier alpha value is -2.52. The van der Waals surface area contributed by atoms with Crippen LogP contribution < -0.4 is 16.0 Å². The number of hydrogen-bond donors (Lipinski definition) is 3. The summed E-state index contributed by atoms with van der Waals surface area (Å²) in [4.78, 5) is 38.6. The lowest BCUT2D eigenvalue weighted by atomic mass is 10.3. The van der Waals surface area contributed by atoms with E-state index in [1.165, 1.54) is 31.3 Å². The standard InChI is InChI=1S/C16H22FN5O3/c1-18-16(25)20-15(24)11-22-8-6-21(7-9-22)10-14(23)19-13-4-2-12(17)3-5-13/h2-5H,6-11H2,1H3,(H,19,23)(H2,18,20,24,25). The van der Waals surface area contributed by atoms with Crippen LogP contribution in [0.1, 0.15) is 0 Å². The fourth-order valence-corrected chi connectivity index (χ4v) is 2.47. The van der Waals surface area contributed by atoms with Gasteiger partial charge in [0.25, 0.3) is 0 Å². The minimum Gasteiger partial charge on any atom is -0.341 e. The van der Waals surface area contributed by atoms with E-state index in [9.17, 15) is 18.8 Å². The van der Waals surface area contributed by atoms with Gasteiger partial charge in [0.1, 0.15) is 5.82 Å². The van der Waals surface area contributed by atoms with Gasteiger partial charge in [-0.15, -0.1) is 0 Å². The molecule has 3 N–H and O–H groups in total. The van der Waals surface area contributed by atoms with Crippen LogP contribution in [0.15, 0.2) is 24.3 Å². The molecule has 0 unspecified atom stereocenters. The largest absolute Gasteiger partial charge is 0.341 e. The van der Waals surface area contributed by atoms with E-state index in [-0.39, 0.29) is 30.7 Å². The number of imide groups is 1. The summed E-state index contributed by atoms with van der Waals surface area (Å²) in [5.41, 5.74) is 0.552. The molecular formula is C16H22FN5O3. The van der Waals surface area contributed by atoms with Crippen molar-refractivity contribution in [1.82, 2.24) is 20.4 Å². The molecule has 1 aliphatic heterocycles. The van der Waals surface area contributed by atoms with Crippen molar-refractivity contribution >= 4 is 23.5 Å². The fourth-order valence-electron chi connectivity index (χ4n) is 2.47. The average Bonchev–Trinajstić information content (AvgIpc) is 2.58. The Morgan fingerprint density at radius 1 is 0.960 bits per heavy atom. The molecule has 136 valence electrons. The molecule has 0 atom stereocenters. The summed E-state index contributed by atoms with van der Waals surface area (Å²) < 4.78 is 12.8. The van der Waals surface area contributed by atoms with Gasteiger partial charge in [-0.2, -0.15) is 0 Å². The summed E-state index contributed by atoms with van der Waals surface area (Å²) in [6.07, 6.45) is 0. The van der Waals surface area contributed by atoms with Crippen molar-refractivity contribution in [3.05, 3.63) is 30.1 Å². The summed E-state index contributed by atoms with van der Waals surface area (Å²) in [5.74, 6) is -0.881. The lowest BCUT2D eigenvalue weighted by Gasteiger charge is -2.33. The van der Waals surface area contributed by atoms with Gasteiger partial charge in [-0.1, -0.05) is 0 Å². The van der Waals surface area contributed by atoms with Gasteiger partial charge in [0.2, 0.25) is 11.8 Å². The maximum atomic E-state index is 12.8. The molecule has 1 fully saturated rings. The number of hydrogen-bond acceptors (Lipinski definition) is 5. The molecule has 9 heteroatoms. The molecule has 0 radical (unpaired) electrons. The van der Waals surface area contributed by atoms with Crippen molar-refractivity contribution < 1.29 is 18.8 Å². The highest BCUT2D eigenvalue weighted by molar-refractivity contribution is 5.95. The first-order valence-corrected chi connectivity index (χ1v) is 7.98. The Morgan fingerprint density at radius 3 is 2.00 bits per heavy atom. The summed E-state index contributed by atoms with van der Waals surface area (Å²) in [5, 5.41) is 7.26. The first-order valence-electron chi connectivity index (χ1n) is 7.98. The number of urea groups is 1. The number of carbonyl (C=O) groups excluding carboxylic acids is 3. The van der Waals surface area contributed by atoms with Crippen molar-refractivity contribution in [1.29, 1.82) is 0 Å². The monoisotopic (exact) mass is 351 g/mol. The van der Waals surface area contributed by atoms with Gasteiger partial charge in [0.15, 0.2) is 0 Å². The number of rotatable bonds is 5. The predicted octanol–water partition coefficient (Wildman–Crippen LogP) is -0.163. The molecular weight excluding hydrogens is 329 g/mol. The molecule has 1 aliphatic rings. The van der Waals surface area contributed by atoms with Crippen LogP contribution in [0.2, 0.25) is 0 Å². The second-order valence-electron chi connectivity index (χ2n) is 5.73. The third-order valence-corrected chi connectivity index (χ3v) is 3.81. The molecule has 0 bridgehead atoms. The van der Waals surface area contributed by atoms with E-state index in [1.807, 2.05) is 9.80 Å². The zero-order valence-corrected chi connectivity index (χ0v) is 14.0. The van der Waals surface area contributed by atoms with Crippen molar-refractivity contribution in [2.75, 3.05) is 51.6 Å². The predicted molar refractivity (Wildman–Crippen MR) is 90.5 cm³/mol. The normalized spacial score (nSPS) is 15.4. The van der Waals surface area contributed by atoms with Crippen molar-refractivity contribution in [2.45, 2.75) is 0 Å². The van der Waals surface area contributed by atoms with Crippen LogP contribution in [-0.4, -0.2) is 74.0 Å². The highest BCUT2D eigenvalue weighted by Crippen LogP contribution is 2.08. The number of nitrogens with one attached hydrogen (secondary N) is 3. The fraction of sp³-hybridized carbons (Fsp3) is 0.438. The SMILES string of the molecule is CNC(=O)NC(=O)CN1CCN(CC(=O)Nc2ccc(F)cc2)CC1. The highest BCUT2D eigenvalue weighted by Gasteiger charge is 2.21. The van der Waals surface area contributed by atoms with Crippen molar-refractivity contribution in [2.24, 2.45) is 0 Å². The van der Waals surface area contributed by atoms with E-state index < -0.39 is 6.03 Å². The molecule has 0 aromatic heterocycles. The maximum absolute atomic E-state index is 12.8. The van der Waals surface area contributed by atoms with Crippen molar-refractivity contribution in [3.8, 4) is 0 Å². The smallest absolute Gasteiger partial charge is 0.321 e. The number of carbonyl (C=O) groups is 3. The van der Waals surface area contributed by atoms with E-state index in [2.05, 4.69) is 16.0 Å². The molecule has 1 saturated heterocycles. The summed E-state index contributed by atoms with van der Waals surface area (Å²) >= 11 is 0. The second-order valence-corrected chi connectivity index (χ2v) is 5.73. The highest BCUT2D eigenvalue weighted by atomic mass is 19.1. The third kappa shape index (κ3) is 6.48. The zero-order chi connectivity index (χ0) is 18.2. The Balaban J connectivity index is 1.69. The quantitative estimate of drug-likeness (QED) is 0.685. The van der Waals surface area contributed by atoms with Crippen LogP contribution in [0.4, 0.5) is 14.9 Å². The molecule has 0 aliphatic carbocycles. The second kappa shape index (κ2) is 9.09. The number of piperazine rings is 1. The molecule has 1 heterocycles. The molecule has 0 spiro atoms.